The summed E-state index contributed by atoms with van der Waals surface area (Å²) in [6, 6.07) is 0. The molecule has 1 aliphatic rings. The Bertz CT molecular complexity index is 204. The molecule has 0 spiro atoms. The molecule has 0 aromatic carbocycles. The van der Waals surface area contributed by atoms with Gasteiger partial charge in [0.05, 0.1) is 0 Å². The van der Waals surface area contributed by atoms with Gasteiger partial charge in [-0.05, 0) is 23.4 Å². The summed E-state index contributed by atoms with van der Waals surface area (Å²) < 4.78 is 0. The maximum atomic E-state index is 3.29. The summed E-state index contributed by atoms with van der Waals surface area (Å²) in [6.45, 7) is 6.67. The van der Waals surface area contributed by atoms with Crippen LogP contribution in [0.2, 0.25) is 0 Å². The van der Waals surface area contributed by atoms with Crippen molar-refractivity contribution in [3.63, 3.8) is 0 Å². The van der Waals surface area contributed by atoms with E-state index in [-0.39, 0.29) is 0 Å². The first-order chi connectivity index (χ1) is 5.64. The van der Waals surface area contributed by atoms with Crippen LogP contribution < -0.4 is 5.32 Å². The van der Waals surface area contributed by atoms with Crippen LogP contribution in [0, 0.1) is 5.41 Å². The summed E-state index contributed by atoms with van der Waals surface area (Å²) >= 11 is 1.89. The zero-order valence-corrected chi connectivity index (χ0v) is 8.87. The minimum Gasteiger partial charge on any atom is -0.365 e. The van der Waals surface area contributed by atoms with E-state index < -0.39 is 0 Å². The molecule has 1 aliphatic heterocycles. The molecule has 0 saturated carbocycles. The molecule has 12 heavy (non-hydrogen) atoms. The fourth-order valence-corrected chi connectivity index (χ4v) is 2.04. The Kier molecular flexibility index (Phi) is 3.27. The third kappa shape index (κ3) is 2.94. The van der Waals surface area contributed by atoms with Gasteiger partial charge in [-0.25, -0.2) is 0 Å². The molecule has 1 nitrogen and oxygen atoms in total. The van der Waals surface area contributed by atoms with Crippen LogP contribution in [-0.2, 0) is 0 Å². The largest absolute Gasteiger partial charge is 0.365 e. The van der Waals surface area contributed by atoms with E-state index in [1.165, 1.54) is 5.70 Å². The van der Waals surface area contributed by atoms with Crippen LogP contribution in [0.3, 0.4) is 0 Å². The van der Waals surface area contributed by atoms with Crippen molar-refractivity contribution in [3.05, 3.63) is 23.4 Å². The van der Waals surface area contributed by atoms with Gasteiger partial charge in [0.1, 0.15) is 0 Å². The van der Waals surface area contributed by atoms with Gasteiger partial charge in [0.15, 0.2) is 0 Å². The minimum absolute atomic E-state index is 0.313. The SMILES string of the molecule is CC/C1=C/SCC(C)(C)/C=C\N1. The van der Waals surface area contributed by atoms with Crippen molar-refractivity contribution in [1.82, 2.24) is 5.32 Å². The van der Waals surface area contributed by atoms with Crippen LogP contribution in [0.15, 0.2) is 23.4 Å². The van der Waals surface area contributed by atoms with Crippen molar-refractivity contribution in [3.8, 4) is 0 Å². The number of rotatable bonds is 1. The maximum Gasteiger partial charge on any atom is 0.0207 e. The highest BCUT2D eigenvalue weighted by Gasteiger charge is 2.14. The molecule has 0 atom stereocenters. The number of allylic oxidation sites excluding steroid dienone is 2. The van der Waals surface area contributed by atoms with Gasteiger partial charge in [-0.1, -0.05) is 26.8 Å². The fraction of sp³-hybridized carbons (Fsp3) is 0.600. The fourth-order valence-electron chi connectivity index (χ4n) is 0.999. The minimum atomic E-state index is 0.313. The van der Waals surface area contributed by atoms with Gasteiger partial charge in [0, 0.05) is 11.4 Å². The van der Waals surface area contributed by atoms with Crippen molar-refractivity contribution in [2.24, 2.45) is 5.41 Å². The summed E-state index contributed by atoms with van der Waals surface area (Å²) in [5.41, 5.74) is 1.62. The lowest BCUT2D eigenvalue weighted by Gasteiger charge is -2.21. The Labute approximate surface area is 79.3 Å². The first-order valence-corrected chi connectivity index (χ1v) is 5.44. The Morgan fingerprint density at radius 2 is 2.33 bits per heavy atom. The van der Waals surface area contributed by atoms with Gasteiger partial charge in [-0.2, -0.15) is 0 Å². The normalized spacial score (nSPS) is 29.1. The van der Waals surface area contributed by atoms with Gasteiger partial charge >= 0.3 is 0 Å². The maximum absolute atomic E-state index is 3.29. The average molecular weight is 183 g/mol. The van der Waals surface area contributed by atoms with Gasteiger partial charge in [0.25, 0.3) is 0 Å². The lowest BCUT2D eigenvalue weighted by Crippen LogP contribution is -2.15. The number of nitrogens with one attached hydrogen (secondary N) is 1. The van der Waals surface area contributed by atoms with Gasteiger partial charge < -0.3 is 5.32 Å². The Morgan fingerprint density at radius 1 is 1.58 bits per heavy atom. The first-order valence-electron chi connectivity index (χ1n) is 4.39. The van der Waals surface area contributed by atoms with Crippen molar-refractivity contribution in [2.45, 2.75) is 27.2 Å². The predicted molar refractivity (Wildman–Crippen MR) is 56.9 cm³/mol. The van der Waals surface area contributed by atoms with Crippen LogP contribution in [-0.4, -0.2) is 5.75 Å². The quantitative estimate of drug-likeness (QED) is 0.670. The zero-order valence-electron chi connectivity index (χ0n) is 8.05. The van der Waals surface area contributed by atoms with E-state index in [0.717, 1.165) is 12.2 Å². The molecule has 0 aromatic rings. The Balaban J connectivity index is 2.60. The molecule has 68 valence electrons. The molecule has 0 radical (unpaired) electrons. The van der Waals surface area contributed by atoms with Crippen molar-refractivity contribution in [1.29, 1.82) is 0 Å². The van der Waals surface area contributed by atoms with Crippen LogP contribution in [0.25, 0.3) is 0 Å². The number of hydrogen-bond donors (Lipinski definition) is 1. The van der Waals surface area contributed by atoms with Crippen molar-refractivity contribution >= 4 is 11.8 Å². The molecule has 1 N–H and O–H groups in total. The zero-order chi connectivity index (χ0) is 9.03. The molecule has 0 aromatic heterocycles. The number of hydrogen-bond acceptors (Lipinski definition) is 2. The Morgan fingerprint density at radius 3 is 3.00 bits per heavy atom. The third-order valence-electron chi connectivity index (χ3n) is 1.87. The van der Waals surface area contributed by atoms with E-state index in [1.54, 1.807) is 0 Å². The van der Waals surface area contributed by atoms with Crippen LogP contribution in [0.1, 0.15) is 27.2 Å². The standard InChI is InChI=1S/C10H17NS/c1-4-9-7-12-8-10(2,3)5-6-11-9/h5-7,11H,4,8H2,1-3H3/b6-5-,9-7-. The Hall–Kier alpha value is -0.370. The van der Waals surface area contributed by atoms with Crippen LogP contribution in [0.5, 0.6) is 0 Å². The van der Waals surface area contributed by atoms with Crippen molar-refractivity contribution < 1.29 is 0 Å². The van der Waals surface area contributed by atoms with Crippen LogP contribution >= 0.6 is 11.8 Å². The molecule has 0 unspecified atom stereocenters. The molecule has 0 aliphatic carbocycles. The summed E-state index contributed by atoms with van der Waals surface area (Å²) in [6.07, 6.45) is 5.38. The van der Waals surface area contributed by atoms with Crippen molar-refractivity contribution in [2.75, 3.05) is 5.75 Å². The molecular weight excluding hydrogens is 166 g/mol. The van der Waals surface area contributed by atoms with Gasteiger partial charge in [0.2, 0.25) is 0 Å². The van der Waals surface area contributed by atoms with Gasteiger partial charge in [-0.3, -0.25) is 0 Å². The second-order valence-corrected chi connectivity index (χ2v) is 4.63. The molecule has 0 amide bonds. The first kappa shape index (κ1) is 9.72. The van der Waals surface area contributed by atoms with E-state index in [4.69, 9.17) is 0 Å². The molecule has 1 rings (SSSR count). The van der Waals surface area contributed by atoms with Crippen LogP contribution in [0.4, 0.5) is 0 Å². The summed E-state index contributed by atoms with van der Waals surface area (Å²) in [5, 5.41) is 5.51. The summed E-state index contributed by atoms with van der Waals surface area (Å²) in [4.78, 5) is 0. The van der Waals surface area contributed by atoms with Gasteiger partial charge in [-0.15, -0.1) is 11.8 Å². The highest BCUT2D eigenvalue weighted by molar-refractivity contribution is 8.02. The predicted octanol–water partition coefficient (Wildman–Crippen LogP) is 3.11. The van der Waals surface area contributed by atoms with E-state index >= 15 is 0 Å². The molecule has 2 heteroatoms. The molecule has 0 fully saturated rings. The molecule has 0 bridgehead atoms. The molecule has 0 saturated heterocycles. The van der Waals surface area contributed by atoms with E-state index in [0.29, 0.717) is 5.41 Å². The second-order valence-electron chi connectivity index (χ2n) is 3.77. The lowest BCUT2D eigenvalue weighted by atomic mass is 9.97. The third-order valence-corrected chi connectivity index (χ3v) is 3.23. The summed E-state index contributed by atoms with van der Waals surface area (Å²) in [5.74, 6) is 1.16. The number of thioether (sulfide) groups is 1. The lowest BCUT2D eigenvalue weighted by molar-refractivity contribution is 0.553. The monoisotopic (exact) mass is 183 g/mol. The highest BCUT2D eigenvalue weighted by atomic mass is 32.2. The van der Waals surface area contributed by atoms with E-state index in [2.05, 4.69) is 43.8 Å². The topological polar surface area (TPSA) is 12.0 Å². The smallest absolute Gasteiger partial charge is 0.0207 e. The molecular formula is C10H17NS. The highest BCUT2D eigenvalue weighted by Crippen LogP contribution is 2.26. The molecule has 1 heterocycles. The average Bonchev–Trinajstić information content (AvgIpc) is 1.97. The summed E-state index contributed by atoms with van der Waals surface area (Å²) in [7, 11) is 0. The van der Waals surface area contributed by atoms with E-state index in [1.807, 2.05) is 11.8 Å². The second kappa shape index (κ2) is 4.04. The van der Waals surface area contributed by atoms with E-state index in [9.17, 15) is 0 Å².